The number of rotatable bonds is 10. The predicted molar refractivity (Wildman–Crippen MR) is 135 cm³/mol. The van der Waals surface area contributed by atoms with Crippen molar-refractivity contribution in [2.45, 2.75) is 44.4 Å². The van der Waals surface area contributed by atoms with Crippen LogP contribution in [0.5, 0.6) is 0 Å². The number of benzene rings is 2. The summed E-state index contributed by atoms with van der Waals surface area (Å²) in [6.07, 6.45) is 5.95. The van der Waals surface area contributed by atoms with Gasteiger partial charge in [0, 0.05) is 5.92 Å². The highest BCUT2D eigenvalue weighted by Gasteiger charge is 2.45. The minimum absolute atomic E-state index is 0. The average Bonchev–Trinajstić information content (AvgIpc) is 3.52. The maximum absolute atomic E-state index is 11.9. The van der Waals surface area contributed by atoms with Crippen LogP contribution in [-0.2, 0) is 23.5 Å². The van der Waals surface area contributed by atoms with Crippen molar-refractivity contribution in [3.63, 3.8) is 0 Å². The second-order valence-corrected chi connectivity index (χ2v) is 10.7. The van der Waals surface area contributed by atoms with Gasteiger partial charge >= 0.3 is 0 Å². The Morgan fingerprint density at radius 1 is 1.09 bits per heavy atom. The van der Waals surface area contributed by atoms with Crippen LogP contribution in [0.25, 0.3) is 0 Å². The zero-order valence-electron chi connectivity index (χ0n) is 20.2. The highest BCUT2D eigenvalue weighted by Crippen LogP contribution is 2.44. The summed E-state index contributed by atoms with van der Waals surface area (Å²) in [5.41, 5.74) is 0.641. The minimum Gasteiger partial charge on any atom is -1.00 e. The van der Waals surface area contributed by atoms with Gasteiger partial charge in [0.25, 0.3) is 0 Å². The van der Waals surface area contributed by atoms with Gasteiger partial charge in [0.05, 0.1) is 43.6 Å². The zero-order valence-corrected chi connectivity index (χ0v) is 23.3. The summed E-state index contributed by atoms with van der Waals surface area (Å²) >= 11 is 12.1. The van der Waals surface area contributed by atoms with E-state index in [-0.39, 0.29) is 22.9 Å². The first-order valence-electron chi connectivity index (χ1n) is 11.8. The van der Waals surface area contributed by atoms with Gasteiger partial charge in [-0.1, -0.05) is 72.4 Å². The van der Waals surface area contributed by atoms with Gasteiger partial charge in [-0.3, -0.25) is 0 Å². The van der Waals surface area contributed by atoms with Crippen molar-refractivity contribution in [1.29, 1.82) is 0 Å². The number of likely N-dealkylation sites (N-methyl/N-ethyl adjacent to an activating group) is 1. The van der Waals surface area contributed by atoms with E-state index in [0.717, 1.165) is 49.1 Å². The van der Waals surface area contributed by atoms with Gasteiger partial charge in [0.15, 0.2) is 11.4 Å². The van der Waals surface area contributed by atoms with Crippen molar-refractivity contribution in [1.82, 2.24) is 4.98 Å². The number of oxazole rings is 1. The molecule has 1 unspecified atom stereocenters. The van der Waals surface area contributed by atoms with E-state index in [1.807, 2.05) is 42.5 Å². The first-order chi connectivity index (χ1) is 16.3. The number of ether oxygens (including phenoxy) is 1. The van der Waals surface area contributed by atoms with Gasteiger partial charge < -0.3 is 35.7 Å². The standard InChI is InChI=1S/C27H33Cl2N2O3.BrH/c1-31(2,14-15-33-19-20-12-13-24(28)25(29)16-20)18-23-17-30-26(34-23)27(32,22-10-6-7-11-22)21-8-4-3-5-9-21;/h3-5,8-9,12-13,16-17,22,32H,6-7,10-11,14-15,18-19H2,1-2H3;1H/q+1;/p-1. The fourth-order valence-corrected chi connectivity index (χ4v) is 5.08. The second-order valence-electron chi connectivity index (χ2n) is 9.86. The first kappa shape index (κ1) is 28.2. The molecule has 1 aromatic heterocycles. The Balaban J connectivity index is 0.00000342. The number of nitrogens with zero attached hydrogens (tertiary/aromatic N) is 2. The maximum Gasteiger partial charge on any atom is 0.231 e. The largest absolute Gasteiger partial charge is 1.00 e. The molecule has 0 spiro atoms. The van der Waals surface area contributed by atoms with Crippen LogP contribution in [0.3, 0.4) is 0 Å². The van der Waals surface area contributed by atoms with Gasteiger partial charge in [-0.25, -0.2) is 4.98 Å². The molecule has 1 saturated carbocycles. The van der Waals surface area contributed by atoms with Gasteiger partial charge in [-0.05, 0) is 36.1 Å². The third-order valence-corrected chi connectivity index (χ3v) is 7.46. The Bertz CT molecular complexity index is 1090. The molecule has 1 atom stereocenters. The van der Waals surface area contributed by atoms with Crippen LogP contribution in [0.15, 0.2) is 59.1 Å². The molecule has 3 aromatic rings. The van der Waals surface area contributed by atoms with E-state index in [1.54, 1.807) is 12.3 Å². The quantitative estimate of drug-likeness (QED) is 0.294. The van der Waals surface area contributed by atoms with Gasteiger partial charge in [0.2, 0.25) is 5.89 Å². The lowest BCUT2D eigenvalue weighted by Crippen LogP contribution is -3.00. The van der Waals surface area contributed by atoms with Gasteiger partial charge in [0.1, 0.15) is 13.1 Å². The average molecular weight is 584 g/mol. The summed E-state index contributed by atoms with van der Waals surface area (Å²) in [5, 5.41) is 13.0. The topological polar surface area (TPSA) is 55.5 Å². The molecule has 1 aliphatic carbocycles. The molecule has 35 heavy (non-hydrogen) atoms. The molecule has 0 saturated heterocycles. The van der Waals surface area contributed by atoms with Crippen LogP contribution in [0.4, 0.5) is 0 Å². The van der Waals surface area contributed by atoms with Crippen molar-refractivity contribution in [2.24, 2.45) is 5.92 Å². The smallest absolute Gasteiger partial charge is 0.231 e. The number of aromatic nitrogens is 1. The number of hydrogen-bond donors (Lipinski definition) is 1. The fourth-order valence-electron chi connectivity index (χ4n) is 4.76. The van der Waals surface area contributed by atoms with E-state index in [2.05, 4.69) is 19.1 Å². The normalized spacial score (nSPS) is 16.1. The molecule has 0 aliphatic heterocycles. The summed E-state index contributed by atoms with van der Waals surface area (Å²) < 4.78 is 12.7. The Kier molecular flexibility index (Phi) is 9.83. The van der Waals surface area contributed by atoms with Crippen molar-refractivity contribution in [3.8, 4) is 0 Å². The SMILES string of the molecule is C[N+](C)(CCOCc1ccc(Cl)c(Cl)c1)Cc1cnc(C(O)(c2ccccc2)C2CCCC2)o1.[Br-]. The van der Waals surface area contributed by atoms with E-state index in [9.17, 15) is 5.11 Å². The number of hydrogen-bond acceptors (Lipinski definition) is 4. The van der Waals surface area contributed by atoms with Crippen LogP contribution in [0.1, 0.15) is 48.5 Å². The van der Waals surface area contributed by atoms with Crippen molar-refractivity contribution < 1.29 is 35.7 Å². The molecule has 8 heteroatoms. The van der Waals surface area contributed by atoms with Crippen LogP contribution in [-0.4, -0.2) is 41.8 Å². The van der Waals surface area contributed by atoms with Crippen LogP contribution in [0.2, 0.25) is 10.0 Å². The molecular formula is C27H33BrCl2N2O3. The lowest BCUT2D eigenvalue weighted by atomic mass is 9.80. The van der Waals surface area contributed by atoms with Crippen molar-refractivity contribution in [3.05, 3.63) is 87.6 Å². The monoisotopic (exact) mass is 582 g/mol. The molecule has 1 N–H and O–H groups in total. The van der Waals surface area contributed by atoms with Crippen LogP contribution >= 0.6 is 23.2 Å². The van der Waals surface area contributed by atoms with E-state index in [1.165, 1.54) is 0 Å². The Labute approximate surface area is 228 Å². The number of quaternary nitrogens is 1. The summed E-state index contributed by atoms with van der Waals surface area (Å²) in [5.74, 6) is 1.27. The van der Waals surface area contributed by atoms with E-state index < -0.39 is 5.60 Å². The third-order valence-electron chi connectivity index (χ3n) is 6.72. The van der Waals surface area contributed by atoms with Gasteiger partial charge in [-0.15, -0.1) is 0 Å². The summed E-state index contributed by atoms with van der Waals surface area (Å²) in [7, 11) is 4.26. The molecule has 190 valence electrons. The molecule has 0 amide bonds. The number of aliphatic hydroxyl groups is 1. The molecule has 1 fully saturated rings. The Hall–Kier alpha value is -1.41. The molecule has 2 aromatic carbocycles. The fraction of sp³-hybridized carbons (Fsp3) is 0.444. The molecule has 0 bridgehead atoms. The van der Waals surface area contributed by atoms with Crippen LogP contribution < -0.4 is 17.0 Å². The summed E-state index contributed by atoms with van der Waals surface area (Å²) in [6.45, 7) is 2.51. The Morgan fingerprint density at radius 3 is 2.49 bits per heavy atom. The maximum atomic E-state index is 11.9. The number of halogens is 3. The minimum atomic E-state index is -1.20. The molecule has 5 nitrogen and oxygen atoms in total. The lowest BCUT2D eigenvalue weighted by molar-refractivity contribution is -0.905. The summed E-state index contributed by atoms with van der Waals surface area (Å²) in [4.78, 5) is 4.56. The summed E-state index contributed by atoms with van der Waals surface area (Å²) in [6, 6.07) is 15.3. The lowest BCUT2D eigenvalue weighted by Gasteiger charge is -2.32. The Morgan fingerprint density at radius 2 is 1.80 bits per heavy atom. The van der Waals surface area contributed by atoms with Crippen molar-refractivity contribution >= 4 is 23.2 Å². The molecule has 1 heterocycles. The van der Waals surface area contributed by atoms with E-state index in [4.69, 9.17) is 32.4 Å². The molecule has 0 radical (unpaired) electrons. The molecule has 1 aliphatic rings. The first-order valence-corrected chi connectivity index (χ1v) is 12.6. The van der Waals surface area contributed by atoms with E-state index >= 15 is 0 Å². The molecule has 4 rings (SSSR count). The second kappa shape index (κ2) is 12.2. The van der Waals surface area contributed by atoms with Crippen LogP contribution in [0, 0.1) is 5.92 Å². The molecular weight excluding hydrogens is 551 g/mol. The van der Waals surface area contributed by atoms with E-state index in [0.29, 0.717) is 40.2 Å². The third kappa shape index (κ3) is 6.88. The van der Waals surface area contributed by atoms with Gasteiger partial charge in [-0.2, -0.15) is 0 Å². The van der Waals surface area contributed by atoms with Crippen molar-refractivity contribution in [2.75, 3.05) is 27.2 Å². The predicted octanol–water partition coefficient (Wildman–Crippen LogP) is 3.20. The highest BCUT2D eigenvalue weighted by molar-refractivity contribution is 6.42. The zero-order chi connectivity index (χ0) is 24.2. The highest BCUT2D eigenvalue weighted by atomic mass is 79.9.